The maximum atomic E-state index is 6.21. The summed E-state index contributed by atoms with van der Waals surface area (Å²) in [7, 11) is 1.70. The van der Waals surface area contributed by atoms with Crippen LogP contribution in [-0.2, 0) is 4.74 Å². The van der Waals surface area contributed by atoms with Crippen molar-refractivity contribution in [1.82, 2.24) is 19.6 Å². The van der Waals surface area contributed by atoms with Crippen molar-refractivity contribution < 1.29 is 4.74 Å². The first kappa shape index (κ1) is 15.0. The third-order valence-electron chi connectivity index (χ3n) is 3.02. The number of halogens is 1. The molecule has 0 aromatic carbocycles. The maximum absolute atomic E-state index is 6.21. The van der Waals surface area contributed by atoms with Crippen molar-refractivity contribution in [2.45, 2.75) is 20.8 Å². The van der Waals surface area contributed by atoms with E-state index in [-0.39, 0.29) is 0 Å². The van der Waals surface area contributed by atoms with Crippen LogP contribution < -0.4 is 4.90 Å². The SMILES string of the molecule is COCCN(CC(C)C)c1c(C)c(Cl)nc2ncnn12. The van der Waals surface area contributed by atoms with Gasteiger partial charge in [0.15, 0.2) is 0 Å². The molecule has 0 radical (unpaired) electrons. The number of hydrogen-bond acceptors (Lipinski definition) is 5. The van der Waals surface area contributed by atoms with E-state index >= 15 is 0 Å². The van der Waals surface area contributed by atoms with Crippen molar-refractivity contribution in [2.75, 3.05) is 31.7 Å². The van der Waals surface area contributed by atoms with Crippen molar-refractivity contribution in [1.29, 1.82) is 0 Å². The predicted octanol–water partition coefficient (Wildman–Crippen LogP) is 2.19. The highest BCUT2D eigenvalue weighted by molar-refractivity contribution is 6.30. The summed E-state index contributed by atoms with van der Waals surface area (Å²) in [6.07, 6.45) is 1.49. The van der Waals surface area contributed by atoms with Gasteiger partial charge in [0.2, 0.25) is 0 Å². The Morgan fingerprint density at radius 1 is 1.45 bits per heavy atom. The molecular formula is C13H20ClN5O. The highest BCUT2D eigenvalue weighted by Gasteiger charge is 2.19. The lowest BCUT2D eigenvalue weighted by Crippen LogP contribution is -2.33. The molecule has 0 saturated carbocycles. The molecule has 0 fully saturated rings. The Morgan fingerprint density at radius 3 is 2.85 bits per heavy atom. The van der Waals surface area contributed by atoms with Crippen LogP contribution in [0.3, 0.4) is 0 Å². The molecule has 7 heteroatoms. The highest BCUT2D eigenvalue weighted by atomic mass is 35.5. The molecule has 0 aliphatic rings. The predicted molar refractivity (Wildman–Crippen MR) is 79.5 cm³/mol. The van der Waals surface area contributed by atoms with Crippen molar-refractivity contribution in [3.8, 4) is 0 Å². The first-order valence-electron chi connectivity index (χ1n) is 6.64. The minimum Gasteiger partial charge on any atom is -0.383 e. The Kier molecular flexibility index (Phi) is 4.77. The third-order valence-corrected chi connectivity index (χ3v) is 3.39. The van der Waals surface area contributed by atoms with E-state index in [2.05, 4.69) is 33.8 Å². The zero-order valence-electron chi connectivity index (χ0n) is 12.3. The van der Waals surface area contributed by atoms with Gasteiger partial charge in [-0.25, -0.2) is 0 Å². The van der Waals surface area contributed by atoms with E-state index in [0.29, 0.717) is 23.5 Å². The van der Waals surface area contributed by atoms with Crippen LogP contribution in [0.1, 0.15) is 19.4 Å². The van der Waals surface area contributed by atoms with E-state index in [1.54, 1.807) is 11.6 Å². The molecule has 0 aliphatic heterocycles. The largest absolute Gasteiger partial charge is 0.383 e. The van der Waals surface area contributed by atoms with Gasteiger partial charge in [-0.1, -0.05) is 25.4 Å². The average molecular weight is 298 g/mol. The van der Waals surface area contributed by atoms with Crippen LogP contribution in [0.4, 0.5) is 5.82 Å². The molecule has 110 valence electrons. The summed E-state index contributed by atoms with van der Waals surface area (Å²) in [6, 6.07) is 0. The second-order valence-electron chi connectivity index (χ2n) is 5.16. The molecule has 2 aromatic heterocycles. The van der Waals surface area contributed by atoms with Gasteiger partial charge < -0.3 is 9.64 Å². The fourth-order valence-electron chi connectivity index (χ4n) is 2.18. The minimum absolute atomic E-state index is 0.465. The lowest BCUT2D eigenvalue weighted by molar-refractivity contribution is 0.204. The first-order chi connectivity index (χ1) is 9.54. The van der Waals surface area contributed by atoms with Gasteiger partial charge in [-0.2, -0.15) is 19.6 Å². The maximum Gasteiger partial charge on any atom is 0.255 e. The van der Waals surface area contributed by atoms with E-state index in [1.165, 1.54) is 6.33 Å². The van der Waals surface area contributed by atoms with Gasteiger partial charge in [0, 0.05) is 25.8 Å². The van der Waals surface area contributed by atoms with Crippen LogP contribution >= 0.6 is 11.6 Å². The lowest BCUT2D eigenvalue weighted by Gasteiger charge is -2.28. The van der Waals surface area contributed by atoms with E-state index in [0.717, 1.165) is 24.5 Å². The van der Waals surface area contributed by atoms with Crippen LogP contribution in [0, 0.1) is 12.8 Å². The molecule has 0 atom stereocenters. The number of aromatic nitrogens is 4. The van der Waals surface area contributed by atoms with Gasteiger partial charge in [0.05, 0.1) is 6.61 Å². The summed E-state index contributed by atoms with van der Waals surface area (Å²) in [6.45, 7) is 8.60. The minimum atomic E-state index is 0.465. The van der Waals surface area contributed by atoms with Gasteiger partial charge in [-0.15, -0.1) is 0 Å². The van der Waals surface area contributed by atoms with Crippen LogP contribution in [0.2, 0.25) is 5.15 Å². The summed E-state index contributed by atoms with van der Waals surface area (Å²) in [5, 5.41) is 4.72. The summed E-state index contributed by atoms with van der Waals surface area (Å²) in [5.41, 5.74) is 0.904. The number of rotatable bonds is 6. The second-order valence-corrected chi connectivity index (χ2v) is 5.51. The monoisotopic (exact) mass is 297 g/mol. The standard InChI is InChI=1S/C13H20ClN5O/c1-9(2)7-18(5-6-20-4)12-10(3)11(14)17-13-15-8-16-19(12)13/h8-9H,5-7H2,1-4H3. The van der Waals surface area contributed by atoms with Crippen molar-refractivity contribution in [2.24, 2.45) is 5.92 Å². The third kappa shape index (κ3) is 3.02. The molecule has 0 aliphatic carbocycles. The Labute approximate surface area is 123 Å². The number of ether oxygens (including phenoxy) is 1. The first-order valence-corrected chi connectivity index (χ1v) is 7.02. The quantitative estimate of drug-likeness (QED) is 0.765. The molecule has 0 spiro atoms. The van der Waals surface area contributed by atoms with E-state index < -0.39 is 0 Å². The number of nitrogens with zero attached hydrogens (tertiary/aromatic N) is 5. The number of anilines is 1. The van der Waals surface area contributed by atoms with Crippen molar-refractivity contribution in [3.05, 3.63) is 17.0 Å². The van der Waals surface area contributed by atoms with Crippen molar-refractivity contribution in [3.63, 3.8) is 0 Å². The van der Waals surface area contributed by atoms with Crippen LogP contribution in [0.15, 0.2) is 6.33 Å². The van der Waals surface area contributed by atoms with Crippen LogP contribution in [0.5, 0.6) is 0 Å². The molecule has 0 amide bonds. The van der Waals surface area contributed by atoms with Crippen LogP contribution in [-0.4, -0.2) is 46.4 Å². The Morgan fingerprint density at radius 2 is 2.20 bits per heavy atom. The van der Waals surface area contributed by atoms with E-state index in [1.807, 2.05) is 6.92 Å². The fraction of sp³-hybridized carbons (Fsp3) is 0.615. The number of hydrogen-bond donors (Lipinski definition) is 0. The molecule has 0 N–H and O–H groups in total. The molecule has 0 bridgehead atoms. The highest BCUT2D eigenvalue weighted by Crippen LogP contribution is 2.26. The topological polar surface area (TPSA) is 55.5 Å². The van der Waals surface area contributed by atoms with Gasteiger partial charge >= 0.3 is 0 Å². The Balaban J connectivity index is 2.50. The molecule has 20 heavy (non-hydrogen) atoms. The normalized spacial score (nSPS) is 11.5. The smallest absolute Gasteiger partial charge is 0.255 e. The number of fused-ring (bicyclic) bond motifs is 1. The van der Waals surface area contributed by atoms with E-state index in [9.17, 15) is 0 Å². The van der Waals surface area contributed by atoms with Crippen molar-refractivity contribution >= 4 is 23.2 Å². The van der Waals surface area contributed by atoms with Crippen LogP contribution in [0.25, 0.3) is 5.78 Å². The second kappa shape index (κ2) is 6.37. The van der Waals surface area contributed by atoms with Gasteiger partial charge in [-0.05, 0) is 12.8 Å². The van der Waals surface area contributed by atoms with E-state index in [4.69, 9.17) is 16.3 Å². The molecular weight excluding hydrogens is 278 g/mol. The summed E-state index contributed by atoms with van der Waals surface area (Å²) >= 11 is 6.21. The Bertz CT molecular complexity index is 583. The van der Waals surface area contributed by atoms with Gasteiger partial charge in [0.1, 0.15) is 17.3 Å². The Hall–Kier alpha value is -1.40. The molecule has 2 aromatic rings. The van der Waals surface area contributed by atoms with Gasteiger partial charge in [-0.3, -0.25) is 0 Å². The molecule has 6 nitrogen and oxygen atoms in total. The summed E-state index contributed by atoms with van der Waals surface area (Å²) in [5.74, 6) is 1.96. The lowest BCUT2D eigenvalue weighted by atomic mass is 10.2. The zero-order valence-corrected chi connectivity index (χ0v) is 13.1. The fourth-order valence-corrected chi connectivity index (χ4v) is 2.34. The molecule has 2 rings (SSSR count). The molecule has 2 heterocycles. The summed E-state index contributed by atoms with van der Waals surface area (Å²) in [4.78, 5) is 10.6. The number of methoxy groups -OCH3 is 1. The average Bonchev–Trinajstić information content (AvgIpc) is 2.83. The zero-order chi connectivity index (χ0) is 14.7. The molecule has 0 saturated heterocycles. The van der Waals surface area contributed by atoms with Gasteiger partial charge in [0.25, 0.3) is 5.78 Å². The molecule has 0 unspecified atom stereocenters. The summed E-state index contributed by atoms with van der Waals surface area (Å²) < 4.78 is 6.94.